The summed E-state index contributed by atoms with van der Waals surface area (Å²) in [4.78, 5) is 29.2. The van der Waals surface area contributed by atoms with E-state index in [9.17, 15) is 14.0 Å². The molecule has 0 aliphatic rings. The highest BCUT2D eigenvalue weighted by Gasteiger charge is 2.14. The summed E-state index contributed by atoms with van der Waals surface area (Å²) >= 11 is 7.02. The van der Waals surface area contributed by atoms with Crippen LogP contribution in [0, 0.1) is 5.82 Å². The maximum atomic E-state index is 13.8. The number of fused-ring (bicyclic) bond motifs is 3. The van der Waals surface area contributed by atoms with Crippen molar-refractivity contribution >= 4 is 54.8 Å². The lowest BCUT2D eigenvalue weighted by Crippen LogP contribution is -2.27. The molecule has 0 fully saturated rings. The monoisotopic (exact) mass is 387 g/mol. The highest BCUT2D eigenvalue weighted by atomic mass is 35.5. The number of carbonyl (C=O) groups is 1. The molecule has 0 aliphatic heterocycles. The molecule has 0 saturated carbocycles. The number of nitrogens with zero attached hydrogens (tertiary/aromatic N) is 2. The Labute approximate surface area is 155 Å². The first-order valence-corrected chi connectivity index (χ1v) is 8.84. The average Bonchev–Trinajstić information content (AvgIpc) is 2.99. The van der Waals surface area contributed by atoms with E-state index in [1.165, 1.54) is 34.4 Å². The summed E-state index contributed by atoms with van der Waals surface area (Å²) in [5.41, 5.74) is 0.322. The van der Waals surface area contributed by atoms with E-state index < -0.39 is 11.7 Å². The van der Waals surface area contributed by atoms with Crippen molar-refractivity contribution in [2.45, 2.75) is 6.54 Å². The van der Waals surface area contributed by atoms with Crippen LogP contribution in [0.25, 0.3) is 20.3 Å². The summed E-state index contributed by atoms with van der Waals surface area (Å²) in [5.74, 6) is -1.17. The molecular formula is C18H11ClFN3O2S. The average molecular weight is 388 g/mol. The van der Waals surface area contributed by atoms with Gasteiger partial charge in [-0.1, -0.05) is 29.8 Å². The normalized spacial score (nSPS) is 11.2. The van der Waals surface area contributed by atoms with Crippen molar-refractivity contribution in [1.29, 1.82) is 0 Å². The molecule has 130 valence electrons. The van der Waals surface area contributed by atoms with Crippen molar-refractivity contribution in [2.75, 3.05) is 5.32 Å². The number of amides is 1. The van der Waals surface area contributed by atoms with Gasteiger partial charge in [0.25, 0.3) is 5.56 Å². The van der Waals surface area contributed by atoms with Gasteiger partial charge in [-0.3, -0.25) is 14.2 Å². The van der Waals surface area contributed by atoms with Crippen molar-refractivity contribution in [1.82, 2.24) is 9.55 Å². The van der Waals surface area contributed by atoms with Crippen LogP contribution >= 0.6 is 22.9 Å². The van der Waals surface area contributed by atoms with Gasteiger partial charge in [0.15, 0.2) is 0 Å². The van der Waals surface area contributed by atoms with Crippen molar-refractivity contribution < 1.29 is 9.18 Å². The van der Waals surface area contributed by atoms with Gasteiger partial charge in [0, 0.05) is 15.1 Å². The van der Waals surface area contributed by atoms with Gasteiger partial charge in [0.1, 0.15) is 17.1 Å². The topological polar surface area (TPSA) is 64.0 Å². The van der Waals surface area contributed by atoms with Crippen LogP contribution in [-0.4, -0.2) is 15.5 Å². The largest absolute Gasteiger partial charge is 0.322 e. The van der Waals surface area contributed by atoms with Crippen LogP contribution in [0.4, 0.5) is 10.1 Å². The molecule has 2 aromatic heterocycles. The van der Waals surface area contributed by atoms with E-state index in [-0.39, 0.29) is 22.8 Å². The fourth-order valence-corrected chi connectivity index (χ4v) is 3.93. The van der Waals surface area contributed by atoms with Gasteiger partial charge in [-0.2, -0.15) is 0 Å². The SMILES string of the molecule is O=C(Cn1cnc2c(sc3ccccc32)c1=O)Nc1ccc(Cl)cc1F. The predicted octanol–water partition coefficient (Wildman–Crippen LogP) is 4.04. The molecule has 0 saturated heterocycles. The lowest BCUT2D eigenvalue weighted by Gasteiger charge is -2.08. The second-order valence-corrected chi connectivity index (χ2v) is 7.11. The van der Waals surface area contributed by atoms with E-state index in [4.69, 9.17) is 11.6 Å². The zero-order chi connectivity index (χ0) is 18.3. The van der Waals surface area contributed by atoms with Crippen LogP contribution in [0.1, 0.15) is 0 Å². The fraction of sp³-hybridized carbons (Fsp3) is 0.0556. The van der Waals surface area contributed by atoms with Gasteiger partial charge in [-0.15, -0.1) is 11.3 Å². The molecular weight excluding hydrogens is 377 g/mol. The van der Waals surface area contributed by atoms with Crippen LogP contribution in [-0.2, 0) is 11.3 Å². The highest BCUT2D eigenvalue weighted by Crippen LogP contribution is 2.29. The molecule has 5 nitrogen and oxygen atoms in total. The van der Waals surface area contributed by atoms with Gasteiger partial charge < -0.3 is 5.32 Å². The molecule has 1 amide bonds. The Morgan fingerprint density at radius 3 is 2.88 bits per heavy atom. The van der Waals surface area contributed by atoms with E-state index in [1.54, 1.807) is 0 Å². The molecule has 2 aromatic carbocycles. The molecule has 26 heavy (non-hydrogen) atoms. The number of anilines is 1. The second kappa shape index (κ2) is 6.51. The Morgan fingerprint density at radius 2 is 2.08 bits per heavy atom. The molecule has 2 heterocycles. The van der Waals surface area contributed by atoms with Gasteiger partial charge in [0.05, 0.1) is 17.5 Å². The predicted molar refractivity (Wildman–Crippen MR) is 101 cm³/mol. The first kappa shape index (κ1) is 16.7. The summed E-state index contributed by atoms with van der Waals surface area (Å²) in [7, 11) is 0. The molecule has 0 aliphatic carbocycles. The number of carbonyl (C=O) groups excluding carboxylic acids is 1. The molecule has 8 heteroatoms. The third-order valence-electron chi connectivity index (χ3n) is 3.87. The summed E-state index contributed by atoms with van der Waals surface area (Å²) in [6.45, 7) is -0.266. The molecule has 0 unspecified atom stereocenters. The van der Waals surface area contributed by atoms with E-state index in [1.807, 2.05) is 24.3 Å². The minimum absolute atomic E-state index is 0.00310. The van der Waals surface area contributed by atoms with Crippen LogP contribution < -0.4 is 10.9 Å². The minimum Gasteiger partial charge on any atom is -0.322 e. The number of nitrogens with one attached hydrogen (secondary N) is 1. The maximum Gasteiger partial charge on any atom is 0.271 e. The van der Waals surface area contributed by atoms with Crippen molar-refractivity contribution in [3.8, 4) is 0 Å². The molecule has 4 aromatic rings. The Hall–Kier alpha value is -2.77. The summed E-state index contributed by atoms with van der Waals surface area (Å²) in [6, 6.07) is 11.5. The third kappa shape index (κ3) is 2.95. The van der Waals surface area contributed by atoms with Gasteiger partial charge in [0.2, 0.25) is 5.91 Å². The Balaban J connectivity index is 1.64. The van der Waals surface area contributed by atoms with Crippen molar-refractivity contribution in [3.63, 3.8) is 0 Å². The van der Waals surface area contributed by atoms with E-state index in [2.05, 4.69) is 10.3 Å². The van der Waals surface area contributed by atoms with Gasteiger partial charge in [-0.05, 0) is 24.3 Å². The zero-order valence-corrected chi connectivity index (χ0v) is 14.8. The number of hydrogen-bond donors (Lipinski definition) is 1. The van der Waals surface area contributed by atoms with Gasteiger partial charge >= 0.3 is 0 Å². The van der Waals surface area contributed by atoms with Crippen LogP contribution in [0.2, 0.25) is 5.02 Å². The number of hydrogen-bond acceptors (Lipinski definition) is 4. The Kier molecular flexibility index (Phi) is 4.18. The molecule has 0 bridgehead atoms. The van der Waals surface area contributed by atoms with Crippen molar-refractivity contribution in [2.24, 2.45) is 0 Å². The Bertz CT molecular complexity index is 1220. The minimum atomic E-state index is -0.642. The molecule has 0 spiro atoms. The summed E-state index contributed by atoms with van der Waals surface area (Å²) in [6.07, 6.45) is 1.33. The zero-order valence-electron chi connectivity index (χ0n) is 13.2. The molecule has 1 N–H and O–H groups in total. The fourth-order valence-electron chi connectivity index (χ4n) is 2.66. The number of thiophene rings is 1. The highest BCUT2D eigenvalue weighted by molar-refractivity contribution is 7.25. The maximum absolute atomic E-state index is 13.8. The smallest absolute Gasteiger partial charge is 0.271 e. The van der Waals surface area contributed by atoms with Crippen LogP contribution in [0.15, 0.2) is 53.6 Å². The number of rotatable bonds is 3. The number of halogens is 2. The van der Waals surface area contributed by atoms with E-state index >= 15 is 0 Å². The van der Waals surface area contributed by atoms with Crippen molar-refractivity contribution in [3.05, 3.63) is 70.0 Å². The lowest BCUT2D eigenvalue weighted by atomic mass is 10.2. The van der Waals surface area contributed by atoms with E-state index in [0.717, 1.165) is 16.2 Å². The molecule has 4 rings (SSSR count). The lowest BCUT2D eigenvalue weighted by molar-refractivity contribution is -0.116. The van der Waals surface area contributed by atoms with E-state index in [0.29, 0.717) is 10.2 Å². The van der Waals surface area contributed by atoms with Gasteiger partial charge in [-0.25, -0.2) is 9.37 Å². The second-order valence-electron chi connectivity index (χ2n) is 5.63. The third-order valence-corrected chi connectivity index (χ3v) is 5.25. The Morgan fingerprint density at radius 1 is 1.27 bits per heavy atom. The van der Waals surface area contributed by atoms with Crippen LogP contribution in [0.3, 0.4) is 0 Å². The standard InChI is InChI=1S/C18H11ClFN3O2S/c19-10-5-6-13(12(20)7-10)22-15(24)8-23-9-21-16-11-3-1-2-4-14(11)26-17(16)18(23)25/h1-7,9H,8H2,(H,22,24). The summed E-state index contributed by atoms with van der Waals surface area (Å²) < 4.78 is 16.4. The molecule has 0 atom stereocenters. The van der Waals surface area contributed by atoms with Crippen LogP contribution in [0.5, 0.6) is 0 Å². The molecule has 0 radical (unpaired) electrons. The first-order chi connectivity index (χ1) is 12.5. The number of aromatic nitrogens is 2. The first-order valence-electron chi connectivity index (χ1n) is 7.64. The quantitative estimate of drug-likeness (QED) is 0.577. The summed E-state index contributed by atoms with van der Waals surface area (Å²) in [5, 5.41) is 3.57. The number of benzene rings is 2.